The van der Waals surface area contributed by atoms with E-state index in [4.69, 9.17) is 10.5 Å². The van der Waals surface area contributed by atoms with E-state index in [9.17, 15) is 0 Å². The summed E-state index contributed by atoms with van der Waals surface area (Å²) in [6.07, 6.45) is 1.44. The second-order valence-corrected chi connectivity index (χ2v) is 3.17. The third-order valence-corrected chi connectivity index (χ3v) is 1.42. The molecular formula is C7H15NO. The van der Waals surface area contributed by atoms with Crippen molar-refractivity contribution in [1.82, 2.24) is 0 Å². The van der Waals surface area contributed by atoms with Gasteiger partial charge in [0.2, 0.25) is 0 Å². The third kappa shape index (κ3) is 2.33. The SMILES string of the molecule is CC(C)CO[C@H]1C[C@H]1N. The van der Waals surface area contributed by atoms with Gasteiger partial charge in [-0.1, -0.05) is 13.8 Å². The summed E-state index contributed by atoms with van der Waals surface area (Å²) in [6, 6.07) is 0.337. The molecule has 0 aromatic rings. The Hall–Kier alpha value is -0.0800. The second kappa shape index (κ2) is 2.67. The molecular weight excluding hydrogens is 114 g/mol. The molecule has 0 spiro atoms. The van der Waals surface area contributed by atoms with Gasteiger partial charge in [-0.05, 0) is 12.3 Å². The topological polar surface area (TPSA) is 35.2 Å². The van der Waals surface area contributed by atoms with Gasteiger partial charge < -0.3 is 10.5 Å². The van der Waals surface area contributed by atoms with Gasteiger partial charge in [0, 0.05) is 12.6 Å². The summed E-state index contributed by atoms with van der Waals surface area (Å²) in [6.45, 7) is 5.15. The smallest absolute Gasteiger partial charge is 0.0742 e. The fourth-order valence-electron chi connectivity index (χ4n) is 0.697. The predicted molar refractivity (Wildman–Crippen MR) is 37.2 cm³/mol. The van der Waals surface area contributed by atoms with Gasteiger partial charge in [-0.3, -0.25) is 0 Å². The van der Waals surface area contributed by atoms with Crippen LogP contribution in [-0.2, 0) is 4.74 Å². The predicted octanol–water partition coefficient (Wildman–Crippen LogP) is 0.759. The first-order valence-electron chi connectivity index (χ1n) is 3.57. The number of ether oxygens (including phenoxy) is 1. The maximum Gasteiger partial charge on any atom is 0.0742 e. The lowest BCUT2D eigenvalue weighted by Gasteiger charge is -2.03. The minimum absolute atomic E-state index is 0.337. The van der Waals surface area contributed by atoms with E-state index in [0.29, 0.717) is 18.1 Å². The molecule has 9 heavy (non-hydrogen) atoms. The van der Waals surface area contributed by atoms with Gasteiger partial charge in [0.25, 0.3) is 0 Å². The quantitative estimate of drug-likeness (QED) is 0.610. The van der Waals surface area contributed by atoms with Crippen LogP contribution in [0.3, 0.4) is 0 Å². The Bertz CT molecular complexity index is 92.9. The maximum absolute atomic E-state index is 5.53. The molecule has 1 rings (SSSR count). The molecule has 0 unspecified atom stereocenters. The van der Waals surface area contributed by atoms with Crippen LogP contribution in [0.5, 0.6) is 0 Å². The van der Waals surface area contributed by atoms with Crippen molar-refractivity contribution in [3.05, 3.63) is 0 Å². The number of hydrogen-bond donors (Lipinski definition) is 1. The van der Waals surface area contributed by atoms with E-state index in [2.05, 4.69) is 13.8 Å². The van der Waals surface area contributed by atoms with Gasteiger partial charge in [-0.15, -0.1) is 0 Å². The monoisotopic (exact) mass is 129 g/mol. The minimum atomic E-state index is 0.337. The van der Waals surface area contributed by atoms with Crippen LogP contribution < -0.4 is 5.73 Å². The maximum atomic E-state index is 5.53. The lowest BCUT2D eigenvalue weighted by molar-refractivity contribution is 0.0928. The lowest BCUT2D eigenvalue weighted by Crippen LogP contribution is -2.11. The highest BCUT2D eigenvalue weighted by atomic mass is 16.5. The summed E-state index contributed by atoms with van der Waals surface area (Å²) in [7, 11) is 0. The van der Waals surface area contributed by atoms with Crippen LogP contribution in [0.15, 0.2) is 0 Å². The molecule has 0 bridgehead atoms. The summed E-state index contributed by atoms with van der Waals surface area (Å²) < 4.78 is 5.40. The van der Waals surface area contributed by atoms with E-state index >= 15 is 0 Å². The molecule has 2 atom stereocenters. The van der Waals surface area contributed by atoms with Gasteiger partial charge in [0.05, 0.1) is 6.10 Å². The number of hydrogen-bond acceptors (Lipinski definition) is 2. The Morgan fingerprint density at radius 1 is 1.67 bits per heavy atom. The molecule has 2 heteroatoms. The Morgan fingerprint density at radius 3 is 2.56 bits per heavy atom. The van der Waals surface area contributed by atoms with Crippen molar-refractivity contribution >= 4 is 0 Å². The summed E-state index contributed by atoms with van der Waals surface area (Å²) in [5.74, 6) is 0.637. The van der Waals surface area contributed by atoms with Crippen LogP contribution >= 0.6 is 0 Å². The van der Waals surface area contributed by atoms with Crippen LogP contribution in [0.2, 0.25) is 0 Å². The molecule has 0 aromatic carbocycles. The van der Waals surface area contributed by atoms with Crippen molar-refractivity contribution < 1.29 is 4.74 Å². The molecule has 2 nitrogen and oxygen atoms in total. The standard InChI is InChI=1S/C7H15NO/c1-5(2)4-9-7-3-6(7)8/h5-7H,3-4,8H2,1-2H3/t6-,7+/m1/s1. The van der Waals surface area contributed by atoms with E-state index in [1.165, 1.54) is 0 Å². The highest BCUT2D eigenvalue weighted by Crippen LogP contribution is 2.22. The van der Waals surface area contributed by atoms with Gasteiger partial charge in [-0.25, -0.2) is 0 Å². The Morgan fingerprint density at radius 2 is 2.22 bits per heavy atom. The van der Waals surface area contributed by atoms with E-state index in [0.717, 1.165) is 13.0 Å². The van der Waals surface area contributed by atoms with Crippen LogP contribution in [0.25, 0.3) is 0 Å². The fraction of sp³-hybridized carbons (Fsp3) is 1.00. The zero-order valence-corrected chi connectivity index (χ0v) is 6.13. The second-order valence-electron chi connectivity index (χ2n) is 3.17. The highest BCUT2D eigenvalue weighted by molar-refractivity contribution is 4.91. The molecule has 0 radical (unpaired) electrons. The van der Waals surface area contributed by atoms with Crippen molar-refractivity contribution in [2.75, 3.05) is 6.61 Å². The summed E-state index contributed by atoms with van der Waals surface area (Å²) in [5.41, 5.74) is 5.53. The molecule has 0 aliphatic heterocycles. The van der Waals surface area contributed by atoms with E-state index in [1.807, 2.05) is 0 Å². The Balaban J connectivity index is 1.94. The summed E-state index contributed by atoms with van der Waals surface area (Å²) in [4.78, 5) is 0. The number of rotatable bonds is 3. The molecule has 1 aliphatic carbocycles. The van der Waals surface area contributed by atoms with Crippen molar-refractivity contribution in [2.45, 2.75) is 32.4 Å². The van der Waals surface area contributed by atoms with E-state index < -0.39 is 0 Å². The summed E-state index contributed by atoms with van der Waals surface area (Å²) in [5, 5.41) is 0. The first kappa shape index (κ1) is 7.03. The Kier molecular flexibility index (Phi) is 2.09. The zero-order valence-electron chi connectivity index (χ0n) is 6.13. The highest BCUT2D eigenvalue weighted by Gasteiger charge is 2.34. The lowest BCUT2D eigenvalue weighted by atomic mass is 10.2. The minimum Gasteiger partial charge on any atom is -0.376 e. The van der Waals surface area contributed by atoms with Crippen LogP contribution in [0.1, 0.15) is 20.3 Å². The van der Waals surface area contributed by atoms with Gasteiger partial charge in [0.15, 0.2) is 0 Å². The van der Waals surface area contributed by atoms with Crippen LogP contribution in [0, 0.1) is 5.92 Å². The molecule has 1 aliphatic rings. The van der Waals surface area contributed by atoms with E-state index in [-0.39, 0.29) is 0 Å². The van der Waals surface area contributed by atoms with E-state index in [1.54, 1.807) is 0 Å². The van der Waals surface area contributed by atoms with Crippen molar-refractivity contribution in [3.63, 3.8) is 0 Å². The molecule has 0 aromatic heterocycles. The molecule has 1 saturated carbocycles. The molecule has 0 amide bonds. The van der Waals surface area contributed by atoms with Crippen molar-refractivity contribution in [1.29, 1.82) is 0 Å². The summed E-state index contributed by atoms with van der Waals surface area (Å²) >= 11 is 0. The molecule has 54 valence electrons. The first-order chi connectivity index (χ1) is 4.20. The molecule has 1 fully saturated rings. The average Bonchev–Trinajstić information content (AvgIpc) is 2.42. The zero-order chi connectivity index (χ0) is 6.85. The fourth-order valence-corrected chi connectivity index (χ4v) is 0.697. The third-order valence-electron chi connectivity index (χ3n) is 1.42. The average molecular weight is 129 g/mol. The first-order valence-corrected chi connectivity index (χ1v) is 3.57. The largest absolute Gasteiger partial charge is 0.376 e. The van der Waals surface area contributed by atoms with Crippen LogP contribution in [-0.4, -0.2) is 18.8 Å². The van der Waals surface area contributed by atoms with Gasteiger partial charge in [-0.2, -0.15) is 0 Å². The number of nitrogens with two attached hydrogens (primary N) is 1. The molecule has 0 saturated heterocycles. The van der Waals surface area contributed by atoms with Gasteiger partial charge in [0.1, 0.15) is 0 Å². The van der Waals surface area contributed by atoms with Crippen molar-refractivity contribution in [3.8, 4) is 0 Å². The van der Waals surface area contributed by atoms with Crippen LogP contribution in [0.4, 0.5) is 0 Å². The molecule has 2 N–H and O–H groups in total. The molecule has 0 heterocycles. The van der Waals surface area contributed by atoms with Crippen molar-refractivity contribution in [2.24, 2.45) is 11.7 Å². The normalized spacial score (nSPS) is 33.3. The Labute approximate surface area is 56.4 Å². The van der Waals surface area contributed by atoms with Gasteiger partial charge >= 0.3 is 0 Å².